The molecule has 32 heavy (non-hydrogen) atoms. The molecule has 0 spiro atoms. The summed E-state index contributed by atoms with van der Waals surface area (Å²) in [6.45, 7) is 4.43. The Hall–Kier alpha value is -2.81. The minimum atomic E-state index is 0. The van der Waals surface area contributed by atoms with Crippen LogP contribution in [0.25, 0.3) is 10.9 Å². The third kappa shape index (κ3) is 5.70. The number of aromatic nitrogens is 3. The molecule has 0 radical (unpaired) electrons. The number of nitrogens with zero attached hydrogens (tertiary/aromatic N) is 3. The fourth-order valence-electron chi connectivity index (χ4n) is 3.91. The Morgan fingerprint density at radius 2 is 1.91 bits per heavy atom. The van der Waals surface area contributed by atoms with Crippen molar-refractivity contribution in [3.8, 4) is 0 Å². The molecule has 0 saturated heterocycles. The molecule has 0 saturated carbocycles. The average Bonchev–Trinajstić information content (AvgIpc) is 3.43. The average molecular weight is 542 g/mol. The molecule has 0 amide bonds. The summed E-state index contributed by atoms with van der Waals surface area (Å²) in [6, 6.07) is 16.9. The summed E-state index contributed by atoms with van der Waals surface area (Å²) in [5, 5.41) is 8.11. The van der Waals surface area contributed by atoms with Crippen molar-refractivity contribution in [2.75, 3.05) is 13.6 Å². The third-order valence-electron chi connectivity index (χ3n) is 5.59. The predicted molar refractivity (Wildman–Crippen MR) is 143 cm³/mol. The number of hydrogen-bond acceptors (Lipinski definition) is 2. The van der Waals surface area contributed by atoms with Gasteiger partial charge in [0.25, 0.3) is 0 Å². The first-order valence-electron chi connectivity index (χ1n) is 10.8. The van der Waals surface area contributed by atoms with E-state index in [0.717, 1.165) is 37.7 Å². The number of halogens is 1. The number of hydrogen-bond donors (Lipinski definition) is 3. The molecule has 0 atom stereocenters. The van der Waals surface area contributed by atoms with Gasteiger partial charge in [-0.1, -0.05) is 55.5 Å². The Labute approximate surface area is 206 Å². The van der Waals surface area contributed by atoms with E-state index in [1.54, 1.807) is 7.05 Å². The van der Waals surface area contributed by atoms with Crippen LogP contribution in [-0.4, -0.2) is 34.1 Å². The van der Waals surface area contributed by atoms with Gasteiger partial charge in [-0.15, -0.1) is 24.0 Å². The van der Waals surface area contributed by atoms with E-state index in [9.17, 15) is 0 Å². The standard InChI is InChI=1S/C25H30N6.HI/c1-3-20-10-7-11-22-21(16-29-24(20)22)12-13-28-25(26-2)30-17-23-27-14-15-31(23)18-19-8-5-4-6-9-19;/h4-11,14-16,29H,3,12-13,17-18H2,1-2H3,(H2,26,28,30);1H. The lowest BCUT2D eigenvalue weighted by atomic mass is 10.1. The molecule has 0 aliphatic rings. The lowest BCUT2D eigenvalue weighted by molar-refractivity contribution is 0.687. The Balaban J connectivity index is 0.00000289. The summed E-state index contributed by atoms with van der Waals surface area (Å²) in [5.41, 5.74) is 5.20. The SMILES string of the molecule is CCc1cccc2c(CCNC(=NC)NCc3nccn3Cc3ccccc3)c[nH]c12.I. The van der Waals surface area contributed by atoms with Gasteiger partial charge in [-0.2, -0.15) is 0 Å². The number of guanidine groups is 1. The first kappa shape index (κ1) is 23.8. The van der Waals surface area contributed by atoms with Crippen molar-refractivity contribution in [2.45, 2.75) is 32.9 Å². The summed E-state index contributed by atoms with van der Waals surface area (Å²) in [7, 11) is 1.80. The molecule has 0 fully saturated rings. The second-order valence-electron chi connectivity index (χ2n) is 7.57. The number of nitrogens with one attached hydrogen (secondary N) is 3. The highest BCUT2D eigenvalue weighted by atomic mass is 127. The van der Waals surface area contributed by atoms with Crippen molar-refractivity contribution >= 4 is 40.8 Å². The molecule has 0 bridgehead atoms. The molecule has 2 aromatic carbocycles. The summed E-state index contributed by atoms with van der Waals surface area (Å²) in [4.78, 5) is 12.3. The van der Waals surface area contributed by atoms with Gasteiger partial charge in [-0.3, -0.25) is 4.99 Å². The summed E-state index contributed by atoms with van der Waals surface area (Å²) in [5.74, 6) is 1.76. The highest BCUT2D eigenvalue weighted by Crippen LogP contribution is 2.22. The van der Waals surface area contributed by atoms with E-state index >= 15 is 0 Å². The number of rotatable bonds is 8. The first-order chi connectivity index (χ1) is 15.3. The molecule has 0 aliphatic heterocycles. The molecule has 4 rings (SSSR count). The summed E-state index contributed by atoms with van der Waals surface area (Å²) >= 11 is 0. The Morgan fingerprint density at radius 1 is 1.06 bits per heavy atom. The smallest absolute Gasteiger partial charge is 0.191 e. The van der Waals surface area contributed by atoms with Gasteiger partial charge in [-0.25, -0.2) is 4.98 Å². The molecule has 7 heteroatoms. The van der Waals surface area contributed by atoms with Crippen LogP contribution in [-0.2, 0) is 25.9 Å². The van der Waals surface area contributed by atoms with Crippen LogP contribution >= 0.6 is 24.0 Å². The van der Waals surface area contributed by atoms with E-state index in [4.69, 9.17) is 0 Å². The largest absolute Gasteiger partial charge is 0.361 e. The van der Waals surface area contributed by atoms with E-state index in [-0.39, 0.29) is 24.0 Å². The molecule has 0 aliphatic carbocycles. The van der Waals surface area contributed by atoms with Crippen LogP contribution in [0.1, 0.15) is 29.4 Å². The number of H-pyrrole nitrogens is 1. The third-order valence-corrected chi connectivity index (χ3v) is 5.59. The number of aliphatic imine (C=N–C) groups is 1. The maximum atomic E-state index is 4.50. The van der Waals surface area contributed by atoms with Gasteiger partial charge in [0.2, 0.25) is 0 Å². The number of fused-ring (bicyclic) bond motifs is 1. The first-order valence-corrected chi connectivity index (χ1v) is 10.8. The number of para-hydroxylation sites is 1. The van der Waals surface area contributed by atoms with Crippen molar-refractivity contribution in [2.24, 2.45) is 4.99 Å². The van der Waals surface area contributed by atoms with Gasteiger partial charge in [0, 0.05) is 49.6 Å². The molecular formula is C25H31IN6. The zero-order valence-corrected chi connectivity index (χ0v) is 21.0. The zero-order valence-electron chi connectivity index (χ0n) is 18.6. The molecule has 2 aromatic heterocycles. The van der Waals surface area contributed by atoms with Crippen molar-refractivity contribution in [3.05, 3.63) is 89.6 Å². The fraction of sp³-hybridized carbons (Fsp3) is 0.280. The number of benzene rings is 2. The van der Waals surface area contributed by atoms with E-state index in [2.05, 4.69) is 85.7 Å². The van der Waals surface area contributed by atoms with E-state index < -0.39 is 0 Å². The van der Waals surface area contributed by atoms with Crippen LogP contribution in [0.2, 0.25) is 0 Å². The maximum absolute atomic E-state index is 4.50. The van der Waals surface area contributed by atoms with Crippen LogP contribution in [0.15, 0.2) is 72.1 Å². The van der Waals surface area contributed by atoms with E-state index in [1.807, 2.05) is 18.5 Å². The molecule has 6 nitrogen and oxygen atoms in total. The van der Waals surface area contributed by atoms with Gasteiger partial charge in [0.15, 0.2) is 5.96 Å². The van der Waals surface area contributed by atoms with Crippen molar-refractivity contribution in [1.29, 1.82) is 0 Å². The van der Waals surface area contributed by atoms with Crippen molar-refractivity contribution < 1.29 is 0 Å². The predicted octanol–water partition coefficient (Wildman–Crippen LogP) is 4.50. The van der Waals surface area contributed by atoms with Crippen molar-refractivity contribution in [3.63, 3.8) is 0 Å². The molecule has 0 unspecified atom stereocenters. The van der Waals surface area contributed by atoms with Crippen LogP contribution in [0.3, 0.4) is 0 Å². The van der Waals surface area contributed by atoms with E-state index in [1.165, 1.54) is 27.6 Å². The van der Waals surface area contributed by atoms with Crippen molar-refractivity contribution in [1.82, 2.24) is 25.2 Å². The van der Waals surface area contributed by atoms with Crippen LogP contribution < -0.4 is 10.6 Å². The van der Waals surface area contributed by atoms with Gasteiger partial charge in [0.1, 0.15) is 5.82 Å². The quantitative estimate of drug-likeness (QED) is 0.175. The lowest BCUT2D eigenvalue weighted by Crippen LogP contribution is -2.38. The normalized spacial score (nSPS) is 11.4. The highest BCUT2D eigenvalue weighted by Gasteiger charge is 2.08. The number of imidazole rings is 1. The second-order valence-corrected chi connectivity index (χ2v) is 7.57. The van der Waals surface area contributed by atoms with Crippen LogP contribution in [0.4, 0.5) is 0 Å². The van der Waals surface area contributed by atoms with Crippen LogP contribution in [0, 0.1) is 0 Å². The summed E-state index contributed by atoms with van der Waals surface area (Å²) < 4.78 is 2.16. The molecule has 168 valence electrons. The zero-order chi connectivity index (χ0) is 21.5. The fourth-order valence-corrected chi connectivity index (χ4v) is 3.91. The van der Waals surface area contributed by atoms with Gasteiger partial charge >= 0.3 is 0 Å². The monoisotopic (exact) mass is 542 g/mol. The van der Waals surface area contributed by atoms with E-state index in [0.29, 0.717) is 6.54 Å². The lowest BCUT2D eigenvalue weighted by Gasteiger charge is -2.13. The molecule has 3 N–H and O–H groups in total. The molecule has 4 aromatic rings. The summed E-state index contributed by atoms with van der Waals surface area (Å²) in [6.07, 6.45) is 7.95. The minimum Gasteiger partial charge on any atom is -0.361 e. The Morgan fingerprint density at radius 3 is 2.69 bits per heavy atom. The van der Waals surface area contributed by atoms with Crippen LogP contribution in [0.5, 0.6) is 0 Å². The Kier molecular flexibility index (Phi) is 8.72. The molecular weight excluding hydrogens is 511 g/mol. The van der Waals surface area contributed by atoms with Gasteiger partial charge in [-0.05, 0) is 29.5 Å². The van der Waals surface area contributed by atoms with Gasteiger partial charge < -0.3 is 20.2 Å². The van der Waals surface area contributed by atoms with Gasteiger partial charge in [0.05, 0.1) is 6.54 Å². The second kappa shape index (κ2) is 11.7. The maximum Gasteiger partial charge on any atom is 0.191 e. The minimum absolute atomic E-state index is 0. The number of aryl methyl sites for hydroxylation is 1. The highest BCUT2D eigenvalue weighted by molar-refractivity contribution is 14.0. The molecule has 2 heterocycles. The Bertz CT molecular complexity index is 1150. The number of aromatic amines is 1. The topological polar surface area (TPSA) is 70.0 Å².